The molecule has 134 valence electrons. The van der Waals surface area contributed by atoms with Crippen molar-refractivity contribution in [2.24, 2.45) is 0 Å². The van der Waals surface area contributed by atoms with Crippen LogP contribution in [0.3, 0.4) is 0 Å². The molecule has 26 heavy (non-hydrogen) atoms. The molecule has 1 aliphatic carbocycles. The Balaban J connectivity index is 1.73. The van der Waals surface area contributed by atoms with Gasteiger partial charge in [0, 0.05) is 18.4 Å². The highest BCUT2D eigenvalue weighted by Crippen LogP contribution is 2.43. The third-order valence-electron chi connectivity index (χ3n) is 5.52. The van der Waals surface area contributed by atoms with Crippen molar-refractivity contribution in [1.82, 2.24) is 34.5 Å². The Hall–Kier alpha value is -2.77. The van der Waals surface area contributed by atoms with E-state index in [1.165, 1.54) is 25.7 Å². The highest BCUT2D eigenvalue weighted by atomic mass is 15.4. The van der Waals surface area contributed by atoms with Crippen LogP contribution in [0.2, 0.25) is 0 Å². The minimum Gasteiger partial charge on any atom is -0.341 e. The molecule has 1 fully saturated rings. The van der Waals surface area contributed by atoms with Gasteiger partial charge in [-0.2, -0.15) is 10.1 Å². The van der Waals surface area contributed by atoms with E-state index in [-0.39, 0.29) is 6.04 Å². The van der Waals surface area contributed by atoms with E-state index < -0.39 is 0 Å². The average molecular weight is 350 g/mol. The number of anilines is 1. The van der Waals surface area contributed by atoms with E-state index in [0.29, 0.717) is 12.0 Å². The first-order chi connectivity index (χ1) is 12.8. The smallest absolute Gasteiger partial charge is 0.252 e. The number of fused-ring (bicyclic) bond motifs is 3. The molecule has 0 saturated heterocycles. The molecule has 1 saturated carbocycles. The van der Waals surface area contributed by atoms with Crippen molar-refractivity contribution < 1.29 is 0 Å². The number of nitrogens with zero attached hydrogens (tertiary/aromatic N) is 8. The Bertz CT molecular complexity index is 923. The van der Waals surface area contributed by atoms with Crippen LogP contribution in [-0.4, -0.2) is 40.6 Å². The van der Waals surface area contributed by atoms with Gasteiger partial charge >= 0.3 is 0 Å². The first-order valence-corrected chi connectivity index (χ1v) is 9.35. The van der Waals surface area contributed by atoms with E-state index in [0.717, 1.165) is 29.6 Å². The van der Waals surface area contributed by atoms with Crippen molar-refractivity contribution in [3.8, 4) is 11.6 Å². The second-order valence-electron chi connectivity index (χ2n) is 7.04. The van der Waals surface area contributed by atoms with E-state index in [1.807, 2.05) is 25.4 Å². The van der Waals surface area contributed by atoms with Gasteiger partial charge < -0.3 is 4.90 Å². The zero-order valence-electron chi connectivity index (χ0n) is 15.1. The van der Waals surface area contributed by atoms with Crippen molar-refractivity contribution in [1.29, 1.82) is 0 Å². The van der Waals surface area contributed by atoms with Crippen LogP contribution in [0.15, 0.2) is 24.7 Å². The van der Waals surface area contributed by atoms with Crippen LogP contribution in [0, 0.1) is 6.92 Å². The molecular formula is C18H22N8. The third-order valence-corrected chi connectivity index (χ3v) is 5.52. The monoisotopic (exact) mass is 350 g/mol. The molecule has 8 heteroatoms. The number of hydrogen-bond acceptors (Lipinski definition) is 6. The van der Waals surface area contributed by atoms with Crippen LogP contribution < -0.4 is 4.90 Å². The number of aromatic nitrogens is 7. The molecule has 5 rings (SSSR count). The molecule has 0 aromatic carbocycles. The molecule has 3 aromatic rings. The standard InChI is InChI=1S/C18H22N8/c1-3-14-17-23-22-12(2)25(17)15-11-19-18(24-10-6-9-20-24)21-16(15)26(14)13-7-4-5-8-13/h6,9-11,13-14H,3-5,7-8H2,1-2H3. The molecule has 0 spiro atoms. The lowest BCUT2D eigenvalue weighted by molar-refractivity contribution is 0.467. The number of hydrogen-bond donors (Lipinski definition) is 0. The van der Waals surface area contributed by atoms with E-state index in [9.17, 15) is 0 Å². The van der Waals surface area contributed by atoms with E-state index >= 15 is 0 Å². The zero-order chi connectivity index (χ0) is 17.7. The predicted molar refractivity (Wildman–Crippen MR) is 96.6 cm³/mol. The average Bonchev–Trinajstić information content (AvgIpc) is 3.42. The summed E-state index contributed by atoms with van der Waals surface area (Å²) in [6, 6.07) is 2.56. The van der Waals surface area contributed by atoms with Gasteiger partial charge in [-0.05, 0) is 32.3 Å². The van der Waals surface area contributed by atoms with Gasteiger partial charge in [0.15, 0.2) is 11.6 Å². The molecule has 0 bridgehead atoms. The molecule has 0 amide bonds. The van der Waals surface area contributed by atoms with Crippen LogP contribution in [0.1, 0.15) is 56.7 Å². The maximum Gasteiger partial charge on any atom is 0.252 e. The summed E-state index contributed by atoms with van der Waals surface area (Å²) < 4.78 is 3.82. The molecule has 1 atom stereocenters. The van der Waals surface area contributed by atoms with Gasteiger partial charge in [0.05, 0.1) is 12.2 Å². The third kappa shape index (κ3) is 2.17. The number of aryl methyl sites for hydroxylation is 1. The Morgan fingerprint density at radius 3 is 2.77 bits per heavy atom. The fourth-order valence-electron chi connectivity index (χ4n) is 4.36. The van der Waals surface area contributed by atoms with Crippen LogP contribution in [0.5, 0.6) is 0 Å². The summed E-state index contributed by atoms with van der Waals surface area (Å²) in [6.45, 7) is 4.20. The Morgan fingerprint density at radius 2 is 2.04 bits per heavy atom. The first-order valence-electron chi connectivity index (χ1n) is 9.35. The lowest BCUT2D eigenvalue weighted by atomic mass is 10.0. The van der Waals surface area contributed by atoms with Gasteiger partial charge in [0.25, 0.3) is 5.95 Å². The molecule has 0 N–H and O–H groups in total. The van der Waals surface area contributed by atoms with E-state index in [2.05, 4.69) is 36.7 Å². The first kappa shape index (κ1) is 15.5. The van der Waals surface area contributed by atoms with Gasteiger partial charge in [-0.25, -0.2) is 9.67 Å². The molecule has 8 nitrogen and oxygen atoms in total. The summed E-state index contributed by atoms with van der Waals surface area (Å²) in [4.78, 5) is 12.0. The molecule has 0 radical (unpaired) electrons. The summed E-state index contributed by atoms with van der Waals surface area (Å²) in [7, 11) is 0. The second-order valence-corrected chi connectivity index (χ2v) is 7.04. The van der Waals surface area contributed by atoms with Crippen LogP contribution in [0.4, 0.5) is 5.82 Å². The minimum atomic E-state index is 0.187. The molecule has 2 aliphatic rings. The SMILES string of the molecule is CCC1c2nnc(C)n2-c2cnc(-n3cccn3)nc2N1C1CCCC1. The minimum absolute atomic E-state index is 0.187. The summed E-state index contributed by atoms with van der Waals surface area (Å²) in [5.74, 6) is 3.45. The summed E-state index contributed by atoms with van der Waals surface area (Å²) in [5.41, 5.74) is 0.968. The lowest BCUT2D eigenvalue weighted by Crippen LogP contribution is -2.42. The van der Waals surface area contributed by atoms with Crippen molar-refractivity contribution in [3.63, 3.8) is 0 Å². The molecule has 1 unspecified atom stereocenters. The molecule has 4 heterocycles. The Kier molecular flexibility index (Phi) is 3.51. The molecule has 1 aliphatic heterocycles. The second kappa shape index (κ2) is 5.89. The van der Waals surface area contributed by atoms with Gasteiger partial charge in [-0.1, -0.05) is 19.8 Å². The van der Waals surface area contributed by atoms with Crippen LogP contribution in [0.25, 0.3) is 11.6 Å². The highest BCUT2D eigenvalue weighted by Gasteiger charge is 2.39. The number of rotatable bonds is 3. The molecular weight excluding hydrogens is 328 g/mol. The highest BCUT2D eigenvalue weighted by molar-refractivity contribution is 5.63. The maximum atomic E-state index is 4.94. The van der Waals surface area contributed by atoms with Gasteiger partial charge in [0.2, 0.25) is 0 Å². The quantitative estimate of drug-likeness (QED) is 0.723. The van der Waals surface area contributed by atoms with Crippen LogP contribution >= 0.6 is 0 Å². The molecule has 3 aromatic heterocycles. The van der Waals surface area contributed by atoms with Crippen molar-refractivity contribution in [3.05, 3.63) is 36.3 Å². The normalized spacial score (nSPS) is 19.6. The zero-order valence-corrected chi connectivity index (χ0v) is 15.1. The summed E-state index contributed by atoms with van der Waals surface area (Å²) in [6.07, 6.45) is 11.4. The summed E-state index contributed by atoms with van der Waals surface area (Å²) >= 11 is 0. The van der Waals surface area contributed by atoms with Crippen molar-refractivity contribution in [2.75, 3.05) is 4.90 Å². The van der Waals surface area contributed by atoms with E-state index in [1.54, 1.807) is 10.9 Å². The van der Waals surface area contributed by atoms with Gasteiger partial charge in [0.1, 0.15) is 11.5 Å². The fraction of sp³-hybridized carbons (Fsp3) is 0.500. The van der Waals surface area contributed by atoms with Crippen molar-refractivity contribution >= 4 is 5.82 Å². The van der Waals surface area contributed by atoms with Crippen molar-refractivity contribution in [2.45, 2.75) is 58.0 Å². The Labute approximate surface area is 151 Å². The lowest BCUT2D eigenvalue weighted by Gasteiger charge is -2.41. The summed E-state index contributed by atoms with van der Waals surface area (Å²) in [5, 5.41) is 13.1. The maximum absolute atomic E-state index is 4.94. The fourth-order valence-corrected chi connectivity index (χ4v) is 4.36. The Morgan fingerprint density at radius 1 is 1.19 bits per heavy atom. The predicted octanol–water partition coefficient (Wildman–Crippen LogP) is 2.77. The van der Waals surface area contributed by atoms with Gasteiger partial charge in [-0.15, -0.1) is 10.2 Å². The topological polar surface area (TPSA) is 77.5 Å². The largest absolute Gasteiger partial charge is 0.341 e. The van der Waals surface area contributed by atoms with Gasteiger partial charge in [-0.3, -0.25) is 4.57 Å². The van der Waals surface area contributed by atoms with E-state index in [4.69, 9.17) is 4.98 Å². The van der Waals surface area contributed by atoms with Crippen LogP contribution in [-0.2, 0) is 0 Å².